The number of hydrogen-bond donors (Lipinski definition) is 1. The van der Waals surface area contributed by atoms with Crippen molar-refractivity contribution in [3.05, 3.63) is 0 Å². The van der Waals surface area contributed by atoms with Gasteiger partial charge in [0.25, 0.3) is 15.6 Å². The molecule has 0 aromatic heterocycles. The van der Waals surface area contributed by atoms with Crippen LogP contribution in [0.1, 0.15) is 27.7 Å². The van der Waals surface area contributed by atoms with Gasteiger partial charge in [-0.15, -0.1) is 0 Å². The van der Waals surface area contributed by atoms with Crippen LogP contribution in [0.2, 0.25) is 0 Å². The van der Waals surface area contributed by atoms with Crippen molar-refractivity contribution in [3.8, 4) is 0 Å². The lowest BCUT2D eigenvalue weighted by molar-refractivity contribution is -0.870. The molecule has 0 aromatic carbocycles. The van der Waals surface area contributed by atoms with E-state index in [0.717, 1.165) is 0 Å². The lowest BCUT2D eigenvalue weighted by Gasteiger charge is -2.27. The highest BCUT2D eigenvalue weighted by Crippen LogP contribution is 2.39. The van der Waals surface area contributed by atoms with Crippen LogP contribution in [0.15, 0.2) is 0 Å². The van der Waals surface area contributed by atoms with Crippen molar-refractivity contribution < 1.29 is 46.8 Å². The first-order valence-electron chi connectivity index (χ1n) is 9.38. The minimum absolute atomic E-state index is 0.155. The minimum Gasteiger partial charge on any atom is -0.756 e. The summed E-state index contributed by atoms with van der Waals surface area (Å²) in [6.07, 6.45) is 0. The highest BCUT2D eigenvalue weighted by Gasteiger charge is 2.13. The third kappa shape index (κ3) is 24.2. The van der Waals surface area contributed by atoms with E-state index in [1.807, 2.05) is 61.2 Å². The Balaban J connectivity index is 0. The Kier molecular flexibility index (Phi) is 16.3. The van der Waals surface area contributed by atoms with Crippen LogP contribution in [0.3, 0.4) is 0 Å². The van der Waals surface area contributed by atoms with Crippen molar-refractivity contribution >= 4 is 15.6 Å². The summed E-state index contributed by atoms with van der Waals surface area (Å²) >= 11 is 0. The van der Waals surface area contributed by atoms with Gasteiger partial charge < -0.3 is 37.7 Å². The molecule has 0 bridgehead atoms. The minimum atomic E-state index is -4.09. The summed E-state index contributed by atoms with van der Waals surface area (Å²) in [6.45, 7) is 9.41. The molecule has 2 N–H and O–H groups in total. The highest BCUT2D eigenvalue weighted by molar-refractivity contribution is 7.46. The second kappa shape index (κ2) is 15.0. The molecule has 0 rings (SSSR count). The lowest BCUT2D eigenvalue weighted by atomic mass is 10.2. The van der Waals surface area contributed by atoms with E-state index in [0.29, 0.717) is 17.6 Å². The van der Waals surface area contributed by atoms with Gasteiger partial charge in [-0.1, -0.05) is 27.7 Å². The highest BCUT2D eigenvalue weighted by atomic mass is 31.2. The molecule has 0 aliphatic rings. The SMILES string of the molecule is CC(C)COP(=O)([O-])OCC[N+](C)(C)C.C[NH2+]CCOP(=O)([O-])OCC(C)C. The molecule has 0 radical (unpaired) electrons. The maximum atomic E-state index is 11.2. The van der Waals surface area contributed by atoms with Crippen LogP contribution in [-0.4, -0.2) is 72.2 Å². The molecule has 0 fully saturated rings. The zero-order valence-electron chi connectivity index (χ0n) is 18.6. The van der Waals surface area contributed by atoms with Crippen molar-refractivity contribution in [2.45, 2.75) is 27.7 Å². The van der Waals surface area contributed by atoms with Gasteiger partial charge in [0, 0.05) is 0 Å². The summed E-state index contributed by atoms with van der Waals surface area (Å²) in [4.78, 5) is 22.2. The summed E-state index contributed by atoms with van der Waals surface area (Å²) in [6, 6.07) is 0. The fraction of sp³-hybridized carbons (Fsp3) is 1.00. The number of rotatable bonds is 14. The van der Waals surface area contributed by atoms with Gasteiger partial charge in [0.15, 0.2) is 0 Å². The average molecular weight is 450 g/mol. The average Bonchev–Trinajstić information content (AvgIpc) is 2.51. The van der Waals surface area contributed by atoms with Gasteiger partial charge in [0.2, 0.25) is 0 Å². The molecular weight excluding hydrogens is 410 g/mol. The Labute approximate surface area is 170 Å². The zero-order valence-corrected chi connectivity index (χ0v) is 20.4. The number of phosphoric acid groups is 2. The molecule has 0 aromatic rings. The monoisotopic (exact) mass is 450 g/mol. The second-order valence-corrected chi connectivity index (χ2v) is 11.0. The molecule has 2 unspecified atom stereocenters. The van der Waals surface area contributed by atoms with Gasteiger partial charge in [-0.3, -0.25) is 9.13 Å². The van der Waals surface area contributed by atoms with Gasteiger partial charge in [0.1, 0.15) is 19.8 Å². The van der Waals surface area contributed by atoms with E-state index in [-0.39, 0.29) is 38.3 Å². The van der Waals surface area contributed by atoms with Crippen LogP contribution >= 0.6 is 15.6 Å². The predicted octanol–water partition coefficient (Wildman–Crippen LogP) is 0.187. The molecule has 0 aliphatic heterocycles. The maximum absolute atomic E-state index is 11.2. The Morgan fingerprint density at radius 3 is 1.54 bits per heavy atom. The largest absolute Gasteiger partial charge is 0.756 e. The molecule has 2 atom stereocenters. The van der Waals surface area contributed by atoms with Crippen LogP contribution in [0.5, 0.6) is 0 Å². The molecule has 0 amide bonds. The number of nitrogens with zero attached hydrogens (tertiary/aromatic N) is 1. The van der Waals surface area contributed by atoms with Crippen LogP contribution in [0.4, 0.5) is 0 Å². The number of phosphoric ester groups is 2. The van der Waals surface area contributed by atoms with E-state index in [1.54, 1.807) is 0 Å². The lowest BCUT2D eigenvalue weighted by Crippen LogP contribution is -2.80. The number of quaternary nitrogens is 2. The first-order chi connectivity index (χ1) is 12.6. The Hall–Kier alpha value is 0.140. The predicted molar refractivity (Wildman–Crippen MR) is 104 cm³/mol. The summed E-state index contributed by atoms with van der Waals surface area (Å²) in [5.41, 5.74) is 0. The van der Waals surface area contributed by atoms with Crippen LogP contribution in [-0.2, 0) is 27.2 Å². The van der Waals surface area contributed by atoms with Crippen LogP contribution < -0.4 is 15.1 Å². The smallest absolute Gasteiger partial charge is 0.268 e. The summed E-state index contributed by atoms with van der Waals surface area (Å²) in [7, 11) is -0.398. The van der Waals surface area contributed by atoms with E-state index in [9.17, 15) is 18.9 Å². The van der Waals surface area contributed by atoms with E-state index < -0.39 is 15.6 Å². The molecule has 0 aliphatic carbocycles. The van der Waals surface area contributed by atoms with Gasteiger partial charge in [-0.2, -0.15) is 0 Å². The number of likely N-dealkylation sites (N-methyl/N-ethyl adjacent to an activating group) is 2. The zero-order chi connectivity index (χ0) is 22.4. The standard InChI is InChI=1S/C9H22NO4P.C7H18NO4P/c1-9(2)8-14-15(11,12)13-7-6-10(3,4)5;1-7(2)6-12-13(9,10)11-5-4-8-3/h9H,6-8H2,1-5H3;7-8H,4-6H2,1-3H3,(H,9,10). The maximum Gasteiger partial charge on any atom is 0.268 e. The van der Waals surface area contributed by atoms with Crippen molar-refractivity contribution in [1.82, 2.24) is 0 Å². The number of nitrogens with two attached hydrogens (primary N) is 1. The summed E-state index contributed by atoms with van der Waals surface area (Å²) < 4.78 is 41.4. The van der Waals surface area contributed by atoms with Crippen molar-refractivity contribution in [2.75, 3.05) is 67.7 Å². The molecule has 28 heavy (non-hydrogen) atoms. The molecule has 0 saturated carbocycles. The molecule has 172 valence electrons. The summed E-state index contributed by atoms with van der Waals surface area (Å²) in [5, 5.41) is 1.84. The molecular formula is C16H40N2O8P2. The first kappa shape index (κ1) is 30.3. The molecule has 0 heterocycles. The van der Waals surface area contributed by atoms with Gasteiger partial charge >= 0.3 is 0 Å². The summed E-state index contributed by atoms with van der Waals surface area (Å²) in [5.74, 6) is 0.359. The van der Waals surface area contributed by atoms with E-state index in [2.05, 4.69) is 13.6 Å². The van der Waals surface area contributed by atoms with Crippen molar-refractivity contribution in [3.63, 3.8) is 0 Å². The third-order valence-corrected chi connectivity index (χ3v) is 4.73. The molecule has 0 saturated heterocycles. The first-order valence-corrected chi connectivity index (χ1v) is 12.3. The van der Waals surface area contributed by atoms with Crippen molar-refractivity contribution in [1.29, 1.82) is 0 Å². The van der Waals surface area contributed by atoms with E-state index in [1.165, 1.54) is 0 Å². The fourth-order valence-electron chi connectivity index (χ4n) is 1.26. The van der Waals surface area contributed by atoms with E-state index in [4.69, 9.17) is 4.52 Å². The fourth-order valence-corrected chi connectivity index (χ4v) is 3.01. The Morgan fingerprint density at radius 2 is 1.21 bits per heavy atom. The van der Waals surface area contributed by atoms with Crippen LogP contribution in [0.25, 0.3) is 0 Å². The van der Waals surface area contributed by atoms with Gasteiger partial charge in [-0.25, -0.2) is 0 Å². The quantitative estimate of drug-likeness (QED) is 0.225. The van der Waals surface area contributed by atoms with E-state index >= 15 is 0 Å². The third-order valence-electron chi connectivity index (χ3n) is 2.80. The second-order valence-electron chi connectivity index (χ2n) is 8.15. The normalized spacial score (nSPS) is 16.4. The Morgan fingerprint density at radius 1 is 0.821 bits per heavy atom. The van der Waals surface area contributed by atoms with Crippen LogP contribution in [0, 0.1) is 11.8 Å². The van der Waals surface area contributed by atoms with Gasteiger partial charge in [-0.05, 0) is 11.8 Å². The number of hydrogen-bond acceptors (Lipinski definition) is 8. The molecule has 12 heteroatoms. The molecule has 10 nitrogen and oxygen atoms in total. The van der Waals surface area contributed by atoms with Gasteiger partial charge in [0.05, 0.1) is 47.9 Å². The Bertz CT molecular complexity index is 484. The molecule has 0 spiro atoms. The van der Waals surface area contributed by atoms with Crippen molar-refractivity contribution in [2.24, 2.45) is 11.8 Å². The topological polar surface area (TPSA) is 134 Å².